The van der Waals surface area contributed by atoms with Gasteiger partial charge in [0.15, 0.2) is 0 Å². The van der Waals surface area contributed by atoms with E-state index in [4.69, 9.17) is 0 Å². The van der Waals surface area contributed by atoms with Crippen molar-refractivity contribution in [2.45, 2.75) is 26.7 Å². The lowest BCUT2D eigenvalue weighted by Crippen LogP contribution is -2.45. The van der Waals surface area contributed by atoms with E-state index in [0.29, 0.717) is 12.1 Å². The second-order valence-corrected chi connectivity index (χ2v) is 9.57. The summed E-state index contributed by atoms with van der Waals surface area (Å²) in [6.07, 6.45) is 1.86. The molecule has 1 fully saturated rings. The van der Waals surface area contributed by atoms with Gasteiger partial charge in [-0.05, 0) is 67.4 Å². The first kappa shape index (κ1) is 23.5. The predicted octanol–water partition coefficient (Wildman–Crippen LogP) is 3.27. The zero-order chi connectivity index (χ0) is 23.4. The van der Waals surface area contributed by atoms with E-state index >= 15 is 0 Å². The summed E-state index contributed by atoms with van der Waals surface area (Å²) in [6, 6.07) is 14.1. The van der Waals surface area contributed by atoms with Gasteiger partial charge >= 0.3 is 0 Å². The first-order valence-corrected chi connectivity index (χ1v) is 12.2. The molecule has 0 saturated carbocycles. The molecule has 4 rings (SSSR count). The number of likely N-dealkylation sites (N-methyl/N-ethyl adjacent to an activating group) is 1. The molecule has 176 valence electrons. The van der Waals surface area contributed by atoms with Crippen molar-refractivity contribution in [1.29, 1.82) is 0 Å². The summed E-state index contributed by atoms with van der Waals surface area (Å²) >= 11 is 0. The van der Waals surface area contributed by atoms with Crippen LogP contribution in [-0.4, -0.2) is 74.5 Å². The van der Waals surface area contributed by atoms with E-state index in [-0.39, 0.29) is 17.7 Å². The first-order chi connectivity index (χ1) is 15.9. The number of piperazine rings is 1. The molecule has 2 aliphatic heterocycles. The standard InChI is InChI=1S/C27H36N4O2/c1-20(2)27(33)31-14-11-24-19-23(9-10-25(24)31)21-5-7-22(8-6-21)26(32)28-12-4-13-30-17-15-29(3)16-18-30/h5-10,19-20H,4,11-18H2,1-3H3,(H,28,32). The molecule has 0 bridgehead atoms. The highest BCUT2D eigenvalue weighted by Crippen LogP contribution is 2.33. The number of anilines is 1. The van der Waals surface area contributed by atoms with Crippen LogP contribution in [0.25, 0.3) is 11.1 Å². The second kappa shape index (κ2) is 10.5. The van der Waals surface area contributed by atoms with E-state index in [9.17, 15) is 9.59 Å². The molecule has 2 heterocycles. The summed E-state index contributed by atoms with van der Waals surface area (Å²) in [5.74, 6) is 0.165. The monoisotopic (exact) mass is 448 g/mol. The molecule has 1 saturated heterocycles. The highest BCUT2D eigenvalue weighted by atomic mass is 16.2. The van der Waals surface area contributed by atoms with Gasteiger partial charge in [-0.2, -0.15) is 0 Å². The number of hydrogen-bond donors (Lipinski definition) is 1. The third kappa shape index (κ3) is 5.63. The Hall–Kier alpha value is -2.70. The number of rotatable bonds is 7. The quantitative estimate of drug-likeness (QED) is 0.661. The van der Waals surface area contributed by atoms with Crippen molar-refractivity contribution in [2.24, 2.45) is 5.92 Å². The van der Waals surface area contributed by atoms with Crippen molar-refractivity contribution in [1.82, 2.24) is 15.1 Å². The number of fused-ring (bicyclic) bond motifs is 1. The van der Waals surface area contributed by atoms with Crippen molar-refractivity contribution < 1.29 is 9.59 Å². The molecule has 6 heteroatoms. The molecule has 2 aliphatic rings. The Morgan fingerprint density at radius 2 is 1.64 bits per heavy atom. The maximum absolute atomic E-state index is 12.5. The minimum atomic E-state index is -0.0169. The van der Waals surface area contributed by atoms with E-state index in [0.717, 1.165) is 68.9 Å². The lowest BCUT2D eigenvalue weighted by molar-refractivity contribution is -0.121. The molecule has 2 aromatic carbocycles. The lowest BCUT2D eigenvalue weighted by Gasteiger charge is -2.32. The zero-order valence-electron chi connectivity index (χ0n) is 20.1. The summed E-state index contributed by atoms with van der Waals surface area (Å²) in [5, 5.41) is 3.05. The van der Waals surface area contributed by atoms with E-state index in [2.05, 4.69) is 40.4 Å². The van der Waals surface area contributed by atoms with Crippen molar-refractivity contribution in [3.63, 3.8) is 0 Å². The molecule has 6 nitrogen and oxygen atoms in total. The van der Waals surface area contributed by atoms with E-state index in [1.165, 1.54) is 5.56 Å². The van der Waals surface area contributed by atoms with Crippen LogP contribution in [0, 0.1) is 5.92 Å². The van der Waals surface area contributed by atoms with Crippen LogP contribution in [-0.2, 0) is 11.2 Å². The maximum Gasteiger partial charge on any atom is 0.251 e. The number of carbonyl (C=O) groups excluding carboxylic acids is 2. The molecule has 1 N–H and O–H groups in total. The van der Waals surface area contributed by atoms with Gasteiger partial charge < -0.3 is 20.0 Å². The molecule has 2 amide bonds. The Morgan fingerprint density at radius 3 is 2.33 bits per heavy atom. The van der Waals surface area contributed by atoms with Gasteiger partial charge in [0.1, 0.15) is 0 Å². The van der Waals surface area contributed by atoms with Crippen LogP contribution in [0.15, 0.2) is 42.5 Å². The number of carbonyl (C=O) groups is 2. The molecule has 33 heavy (non-hydrogen) atoms. The molecule has 2 aromatic rings. The van der Waals surface area contributed by atoms with Crippen molar-refractivity contribution in [3.05, 3.63) is 53.6 Å². The fraction of sp³-hybridized carbons (Fsp3) is 0.481. The van der Waals surface area contributed by atoms with Gasteiger partial charge in [-0.3, -0.25) is 9.59 Å². The summed E-state index contributed by atoms with van der Waals surface area (Å²) in [6.45, 7) is 10.8. The molecular weight excluding hydrogens is 412 g/mol. The molecule has 0 spiro atoms. The molecular formula is C27H36N4O2. The molecule has 0 aliphatic carbocycles. The predicted molar refractivity (Wildman–Crippen MR) is 134 cm³/mol. The smallest absolute Gasteiger partial charge is 0.251 e. The van der Waals surface area contributed by atoms with Gasteiger partial charge in [0, 0.05) is 56.4 Å². The Morgan fingerprint density at radius 1 is 0.939 bits per heavy atom. The molecule has 0 unspecified atom stereocenters. The van der Waals surface area contributed by atoms with Crippen LogP contribution >= 0.6 is 0 Å². The third-order valence-corrected chi connectivity index (χ3v) is 6.75. The lowest BCUT2D eigenvalue weighted by atomic mass is 10.0. The minimum Gasteiger partial charge on any atom is -0.352 e. The third-order valence-electron chi connectivity index (χ3n) is 6.75. The number of hydrogen-bond acceptors (Lipinski definition) is 4. The van der Waals surface area contributed by atoms with Crippen LogP contribution in [0.1, 0.15) is 36.2 Å². The molecule has 0 aromatic heterocycles. The first-order valence-electron chi connectivity index (χ1n) is 12.2. The highest BCUT2D eigenvalue weighted by molar-refractivity contribution is 5.97. The van der Waals surface area contributed by atoms with Crippen LogP contribution in [0.2, 0.25) is 0 Å². The van der Waals surface area contributed by atoms with Gasteiger partial charge in [-0.15, -0.1) is 0 Å². The Kier molecular flexibility index (Phi) is 7.46. The number of nitrogens with one attached hydrogen (secondary N) is 1. The van der Waals surface area contributed by atoms with Gasteiger partial charge in [-0.25, -0.2) is 0 Å². The summed E-state index contributed by atoms with van der Waals surface area (Å²) in [7, 11) is 2.16. The van der Waals surface area contributed by atoms with Gasteiger partial charge in [0.25, 0.3) is 5.91 Å². The normalized spacial score (nSPS) is 16.8. The van der Waals surface area contributed by atoms with Crippen LogP contribution in [0.5, 0.6) is 0 Å². The largest absolute Gasteiger partial charge is 0.352 e. The SMILES string of the molecule is CC(C)C(=O)N1CCc2cc(-c3ccc(C(=O)NCCCN4CCN(C)CC4)cc3)ccc21. The molecule has 0 radical (unpaired) electrons. The molecule has 0 atom stereocenters. The van der Waals surface area contributed by atoms with Gasteiger partial charge in [-0.1, -0.05) is 32.0 Å². The van der Waals surface area contributed by atoms with Gasteiger partial charge in [0.2, 0.25) is 5.91 Å². The van der Waals surface area contributed by atoms with E-state index in [1.807, 2.05) is 43.0 Å². The van der Waals surface area contributed by atoms with Gasteiger partial charge in [0.05, 0.1) is 0 Å². The maximum atomic E-state index is 12.5. The summed E-state index contributed by atoms with van der Waals surface area (Å²) in [5.41, 5.74) is 5.13. The summed E-state index contributed by atoms with van der Waals surface area (Å²) < 4.78 is 0. The van der Waals surface area contributed by atoms with Crippen molar-refractivity contribution in [2.75, 3.05) is 57.8 Å². The van der Waals surface area contributed by atoms with E-state index in [1.54, 1.807) is 0 Å². The highest BCUT2D eigenvalue weighted by Gasteiger charge is 2.26. The van der Waals surface area contributed by atoms with Crippen LogP contribution in [0.4, 0.5) is 5.69 Å². The average molecular weight is 449 g/mol. The average Bonchev–Trinajstić information content (AvgIpc) is 3.25. The number of amides is 2. The Bertz CT molecular complexity index is 978. The zero-order valence-corrected chi connectivity index (χ0v) is 20.1. The van der Waals surface area contributed by atoms with Crippen LogP contribution in [0.3, 0.4) is 0 Å². The van der Waals surface area contributed by atoms with E-state index < -0.39 is 0 Å². The second-order valence-electron chi connectivity index (χ2n) is 9.57. The fourth-order valence-electron chi connectivity index (χ4n) is 4.61. The minimum absolute atomic E-state index is 0.00102. The topological polar surface area (TPSA) is 55.9 Å². The fourth-order valence-corrected chi connectivity index (χ4v) is 4.61. The Labute approximate surface area is 197 Å². The van der Waals surface area contributed by atoms with Crippen LogP contribution < -0.4 is 10.2 Å². The number of nitrogens with zero attached hydrogens (tertiary/aromatic N) is 3. The number of benzene rings is 2. The van der Waals surface area contributed by atoms with Crippen molar-refractivity contribution in [3.8, 4) is 11.1 Å². The van der Waals surface area contributed by atoms with Crippen molar-refractivity contribution >= 4 is 17.5 Å². The summed E-state index contributed by atoms with van der Waals surface area (Å²) in [4.78, 5) is 31.7. The Balaban J connectivity index is 1.30.